The molecule has 5 nitrogen and oxygen atoms in total. The molecule has 0 aliphatic heterocycles. The summed E-state index contributed by atoms with van der Waals surface area (Å²) in [5.74, 6) is -0.178. The number of nitrogens with two attached hydrogens (primary N) is 1. The van der Waals surface area contributed by atoms with Crippen molar-refractivity contribution in [1.29, 1.82) is 0 Å². The maximum Gasteiger partial charge on any atom is 0.257 e. The summed E-state index contributed by atoms with van der Waals surface area (Å²) in [5, 5.41) is 11.5. The van der Waals surface area contributed by atoms with Crippen molar-refractivity contribution in [2.45, 2.75) is 13.5 Å². The van der Waals surface area contributed by atoms with Crippen molar-refractivity contribution in [3.8, 4) is 0 Å². The number of benzene rings is 1. The quantitative estimate of drug-likeness (QED) is 0.863. The van der Waals surface area contributed by atoms with Crippen molar-refractivity contribution < 1.29 is 4.79 Å². The highest BCUT2D eigenvalue weighted by Gasteiger charge is 2.11. The van der Waals surface area contributed by atoms with Crippen LogP contribution in [0, 0.1) is 6.92 Å². The van der Waals surface area contributed by atoms with Gasteiger partial charge in [-0.05, 0) is 18.6 Å². The van der Waals surface area contributed by atoms with Crippen LogP contribution in [0.5, 0.6) is 0 Å². The Hall–Kier alpha value is -1.79. The summed E-state index contributed by atoms with van der Waals surface area (Å²) in [4.78, 5) is 11.9. The Labute approximate surface area is 103 Å². The minimum Gasteiger partial charge on any atom is -0.324 e. The summed E-state index contributed by atoms with van der Waals surface area (Å²) in [6.45, 7) is 2.22. The summed E-state index contributed by atoms with van der Waals surface area (Å²) in [7, 11) is 0. The maximum atomic E-state index is 11.9. The number of anilines is 1. The molecule has 2 rings (SSSR count). The first-order valence-electron chi connectivity index (χ1n) is 5.10. The molecule has 0 aliphatic rings. The van der Waals surface area contributed by atoms with Gasteiger partial charge in [-0.3, -0.25) is 10.1 Å². The zero-order valence-electron chi connectivity index (χ0n) is 9.30. The third kappa shape index (κ3) is 2.66. The second-order valence-electron chi connectivity index (χ2n) is 3.47. The summed E-state index contributed by atoms with van der Waals surface area (Å²) in [6, 6.07) is 7.38. The number of hydrogen-bond acceptors (Lipinski definition) is 5. The van der Waals surface area contributed by atoms with Crippen molar-refractivity contribution in [2.75, 3.05) is 5.32 Å². The van der Waals surface area contributed by atoms with Crippen LogP contribution in [-0.2, 0) is 6.54 Å². The second kappa shape index (κ2) is 5.03. The summed E-state index contributed by atoms with van der Waals surface area (Å²) >= 11 is 1.28. The van der Waals surface area contributed by atoms with E-state index >= 15 is 0 Å². The minimum absolute atomic E-state index is 0.178. The van der Waals surface area contributed by atoms with E-state index in [2.05, 4.69) is 15.5 Å². The fourth-order valence-electron chi connectivity index (χ4n) is 1.38. The molecule has 0 saturated heterocycles. The maximum absolute atomic E-state index is 11.9. The van der Waals surface area contributed by atoms with Crippen LogP contribution in [0.4, 0.5) is 5.13 Å². The molecule has 2 aromatic rings. The highest BCUT2D eigenvalue weighted by molar-refractivity contribution is 7.15. The highest BCUT2D eigenvalue weighted by Crippen LogP contribution is 2.16. The fourth-order valence-corrected chi connectivity index (χ4v) is 1.99. The van der Waals surface area contributed by atoms with Gasteiger partial charge in [0.2, 0.25) is 5.13 Å². The Balaban J connectivity index is 2.14. The average Bonchev–Trinajstić information content (AvgIpc) is 2.77. The lowest BCUT2D eigenvalue weighted by molar-refractivity contribution is 0.102. The first kappa shape index (κ1) is 11.7. The molecule has 1 amide bonds. The van der Waals surface area contributed by atoms with Crippen LogP contribution >= 0.6 is 11.3 Å². The van der Waals surface area contributed by atoms with E-state index in [1.165, 1.54) is 11.3 Å². The molecule has 3 N–H and O–H groups in total. The molecule has 0 bridgehead atoms. The van der Waals surface area contributed by atoms with E-state index in [0.29, 0.717) is 22.2 Å². The van der Waals surface area contributed by atoms with Crippen LogP contribution in [0.3, 0.4) is 0 Å². The Bertz CT molecular complexity index is 538. The first-order valence-corrected chi connectivity index (χ1v) is 5.92. The molecular formula is C11H12N4OS. The first-order chi connectivity index (χ1) is 8.20. The largest absolute Gasteiger partial charge is 0.324 e. The molecule has 0 atom stereocenters. The van der Waals surface area contributed by atoms with Crippen molar-refractivity contribution >= 4 is 22.4 Å². The zero-order valence-corrected chi connectivity index (χ0v) is 10.1. The number of nitrogens with one attached hydrogen (secondary N) is 1. The number of nitrogens with zero attached hydrogens (tertiary/aromatic N) is 2. The SMILES string of the molecule is Cc1ccccc1C(=O)Nc1nnc(CN)s1. The number of aryl methyl sites for hydroxylation is 1. The Morgan fingerprint density at radius 1 is 1.41 bits per heavy atom. The monoisotopic (exact) mass is 248 g/mol. The Morgan fingerprint density at radius 3 is 2.82 bits per heavy atom. The lowest BCUT2D eigenvalue weighted by Gasteiger charge is -2.03. The van der Waals surface area contributed by atoms with Gasteiger partial charge in [0.15, 0.2) is 0 Å². The molecule has 0 saturated carbocycles. The van der Waals surface area contributed by atoms with E-state index in [1.807, 2.05) is 25.1 Å². The normalized spacial score (nSPS) is 10.2. The smallest absolute Gasteiger partial charge is 0.257 e. The minimum atomic E-state index is -0.178. The molecule has 1 heterocycles. The predicted octanol–water partition coefficient (Wildman–Crippen LogP) is 1.56. The van der Waals surface area contributed by atoms with Gasteiger partial charge in [-0.15, -0.1) is 10.2 Å². The van der Waals surface area contributed by atoms with Crippen molar-refractivity contribution in [2.24, 2.45) is 5.73 Å². The summed E-state index contributed by atoms with van der Waals surface area (Å²) < 4.78 is 0. The number of hydrogen-bond donors (Lipinski definition) is 2. The van der Waals surface area contributed by atoms with Crippen LogP contribution < -0.4 is 11.1 Å². The molecule has 1 aromatic heterocycles. The van der Waals surface area contributed by atoms with Crippen molar-refractivity contribution in [3.63, 3.8) is 0 Å². The lowest BCUT2D eigenvalue weighted by Crippen LogP contribution is -2.12. The van der Waals surface area contributed by atoms with Gasteiger partial charge in [-0.25, -0.2) is 0 Å². The van der Waals surface area contributed by atoms with Gasteiger partial charge in [-0.1, -0.05) is 29.5 Å². The Kier molecular flexibility index (Phi) is 3.46. The van der Waals surface area contributed by atoms with Crippen LogP contribution in [-0.4, -0.2) is 16.1 Å². The van der Waals surface area contributed by atoms with Crippen LogP contribution in [0.25, 0.3) is 0 Å². The molecule has 1 aromatic carbocycles. The van der Waals surface area contributed by atoms with E-state index in [4.69, 9.17) is 5.73 Å². The molecule has 0 radical (unpaired) electrons. The third-order valence-corrected chi connectivity index (χ3v) is 3.11. The second-order valence-corrected chi connectivity index (χ2v) is 4.54. The number of aromatic nitrogens is 2. The van der Waals surface area contributed by atoms with E-state index in [-0.39, 0.29) is 5.91 Å². The predicted molar refractivity (Wildman–Crippen MR) is 66.9 cm³/mol. The molecule has 0 aliphatic carbocycles. The van der Waals surface area contributed by atoms with E-state index in [0.717, 1.165) is 5.56 Å². The van der Waals surface area contributed by atoms with Crippen molar-refractivity contribution in [1.82, 2.24) is 10.2 Å². The number of carbonyl (C=O) groups is 1. The number of amides is 1. The molecule has 88 valence electrons. The van der Waals surface area contributed by atoms with Gasteiger partial charge in [0.05, 0.1) is 0 Å². The molecule has 0 unspecified atom stereocenters. The Morgan fingerprint density at radius 2 is 2.18 bits per heavy atom. The topological polar surface area (TPSA) is 80.9 Å². The molecule has 0 spiro atoms. The van der Waals surface area contributed by atoms with Gasteiger partial charge < -0.3 is 5.73 Å². The van der Waals surface area contributed by atoms with Gasteiger partial charge >= 0.3 is 0 Å². The summed E-state index contributed by atoms with van der Waals surface area (Å²) in [5.41, 5.74) is 6.99. The van der Waals surface area contributed by atoms with Gasteiger partial charge in [0.25, 0.3) is 5.91 Å². The van der Waals surface area contributed by atoms with Crippen LogP contribution in [0.1, 0.15) is 20.9 Å². The lowest BCUT2D eigenvalue weighted by atomic mass is 10.1. The number of carbonyl (C=O) groups excluding carboxylic acids is 1. The highest BCUT2D eigenvalue weighted by atomic mass is 32.1. The number of rotatable bonds is 3. The standard InChI is InChI=1S/C11H12N4OS/c1-7-4-2-3-5-8(7)10(16)13-11-15-14-9(6-12)17-11/h2-5H,6,12H2,1H3,(H,13,15,16). The third-order valence-electron chi connectivity index (χ3n) is 2.25. The van der Waals surface area contributed by atoms with Gasteiger partial charge in [-0.2, -0.15) is 0 Å². The fraction of sp³-hybridized carbons (Fsp3) is 0.182. The molecule has 17 heavy (non-hydrogen) atoms. The van der Waals surface area contributed by atoms with Crippen molar-refractivity contribution in [3.05, 3.63) is 40.4 Å². The van der Waals surface area contributed by atoms with Gasteiger partial charge in [0, 0.05) is 12.1 Å². The summed E-state index contributed by atoms with van der Waals surface area (Å²) in [6.07, 6.45) is 0. The van der Waals surface area contributed by atoms with E-state index in [9.17, 15) is 4.79 Å². The van der Waals surface area contributed by atoms with Crippen LogP contribution in [0.15, 0.2) is 24.3 Å². The van der Waals surface area contributed by atoms with Crippen LogP contribution in [0.2, 0.25) is 0 Å². The van der Waals surface area contributed by atoms with E-state index in [1.54, 1.807) is 6.07 Å². The molecular weight excluding hydrogens is 236 g/mol. The molecule has 6 heteroatoms. The molecule has 0 fully saturated rings. The average molecular weight is 248 g/mol. The van der Waals surface area contributed by atoms with E-state index < -0.39 is 0 Å². The van der Waals surface area contributed by atoms with Gasteiger partial charge in [0.1, 0.15) is 5.01 Å². The zero-order chi connectivity index (χ0) is 12.3.